The van der Waals surface area contributed by atoms with Crippen LogP contribution >= 0.6 is 0 Å². The molecule has 0 amide bonds. The zero-order valence-corrected chi connectivity index (χ0v) is 9.73. The summed E-state index contributed by atoms with van der Waals surface area (Å²) in [4.78, 5) is 4.57. The molecule has 0 aromatic heterocycles. The van der Waals surface area contributed by atoms with Crippen LogP contribution in [0.3, 0.4) is 0 Å². The van der Waals surface area contributed by atoms with Gasteiger partial charge in [0.2, 0.25) is 0 Å². The molecule has 0 fully saturated rings. The van der Waals surface area contributed by atoms with E-state index < -0.39 is 0 Å². The van der Waals surface area contributed by atoms with E-state index in [-0.39, 0.29) is 0 Å². The van der Waals surface area contributed by atoms with Crippen molar-refractivity contribution in [3.05, 3.63) is 23.4 Å². The Morgan fingerprint density at radius 3 is 1.77 bits per heavy atom. The minimum absolute atomic E-state index is 0.485. The molecule has 0 aliphatic rings. The van der Waals surface area contributed by atoms with Crippen molar-refractivity contribution in [2.45, 2.75) is 41.5 Å². The standard InChI is InChI=1S/C12H21N/c1-8(2)11(7)13-12(9(3)4)10(5)6/h9H,1H2,2-7H3. The lowest BCUT2D eigenvalue weighted by molar-refractivity contribution is 0.745. The average molecular weight is 179 g/mol. The second kappa shape index (κ2) is 5.00. The lowest BCUT2D eigenvalue weighted by Gasteiger charge is -2.10. The molecule has 0 rings (SSSR count). The van der Waals surface area contributed by atoms with E-state index in [9.17, 15) is 0 Å². The second-order valence-electron chi connectivity index (χ2n) is 4.02. The molecule has 0 aromatic carbocycles. The van der Waals surface area contributed by atoms with Crippen molar-refractivity contribution < 1.29 is 0 Å². The fourth-order valence-corrected chi connectivity index (χ4v) is 1.09. The molecular formula is C12H21N. The van der Waals surface area contributed by atoms with Gasteiger partial charge in [-0.1, -0.05) is 26.0 Å². The molecule has 0 heterocycles. The molecule has 0 unspecified atom stereocenters. The van der Waals surface area contributed by atoms with Gasteiger partial charge in [0.1, 0.15) is 0 Å². The summed E-state index contributed by atoms with van der Waals surface area (Å²) in [6, 6.07) is 0. The van der Waals surface area contributed by atoms with Crippen molar-refractivity contribution in [1.82, 2.24) is 0 Å². The minimum atomic E-state index is 0.485. The van der Waals surface area contributed by atoms with Crippen molar-refractivity contribution in [3.8, 4) is 0 Å². The molecule has 0 radical (unpaired) electrons. The molecule has 1 nitrogen and oxygen atoms in total. The van der Waals surface area contributed by atoms with Gasteiger partial charge in [0, 0.05) is 11.4 Å². The van der Waals surface area contributed by atoms with Crippen molar-refractivity contribution in [3.63, 3.8) is 0 Å². The molecule has 0 saturated carbocycles. The molecule has 0 aliphatic carbocycles. The van der Waals surface area contributed by atoms with E-state index in [1.807, 2.05) is 13.8 Å². The first kappa shape index (κ1) is 12.2. The largest absolute Gasteiger partial charge is 0.258 e. The zero-order valence-electron chi connectivity index (χ0n) is 9.73. The molecule has 0 saturated heterocycles. The van der Waals surface area contributed by atoms with Gasteiger partial charge in [-0.15, -0.1) is 0 Å². The third-order valence-corrected chi connectivity index (χ3v) is 1.96. The summed E-state index contributed by atoms with van der Waals surface area (Å²) in [5, 5.41) is 0. The summed E-state index contributed by atoms with van der Waals surface area (Å²) in [5.74, 6) is 0.485. The van der Waals surface area contributed by atoms with Gasteiger partial charge in [0.15, 0.2) is 0 Å². The summed E-state index contributed by atoms with van der Waals surface area (Å²) in [6.45, 7) is 16.4. The maximum atomic E-state index is 4.57. The van der Waals surface area contributed by atoms with Gasteiger partial charge in [0.05, 0.1) is 0 Å². The Morgan fingerprint density at radius 1 is 1.08 bits per heavy atom. The fourth-order valence-electron chi connectivity index (χ4n) is 1.09. The maximum absolute atomic E-state index is 4.57. The van der Waals surface area contributed by atoms with E-state index >= 15 is 0 Å². The van der Waals surface area contributed by atoms with Crippen LogP contribution in [0.1, 0.15) is 41.5 Å². The molecule has 13 heavy (non-hydrogen) atoms. The first-order valence-electron chi connectivity index (χ1n) is 4.74. The number of nitrogens with zero attached hydrogens (tertiary/aromatic N) is 1. The fraction of sp³-hybridized carbons (Fsp3) is 0.583. The van der Waals surface area contributed by atoms with Gasteiger partial charge in [-0.05, 0) is 39.2 Å². The highest BCUT2D eigenvalue weighted by Gasteiger charge is 2.04. The van der Waals surface area contributed by atoms with Crippen LogP contribution in [0.25, 0.3) is 0 Å². The summed E-state index contributed by atoms with van der Waals surface area (Å²) in [5.41, 5.74) is 4.54. The zero-order chi connectivity index (χ0) is 10.6. The van der Waals surface area contributed by atoms with Crippen molar-refractivity contribution >= 4 is 5.71 Å². The van der Waals surface area contributed by atoms with Crippen molar-refractivity contribution in [1.29, 1.82) is 0 Å². The molecule has 0 atom stereocenters. The Morgan fingerprint density at radius 2 is 1.54 bits per heavy atom. The molecular weight excluding hydrogens is 158 g/mol. The van der Waals surface area contributed by atoms with E-state index in [1.165, 1.54) is 11.3 Å². The van der Waals surface area contributed by atoms with Crippen molar-refractivity contribution in [2.75, 3.05) is 0 Å². The summed E-state index contributed by atoms with van der Waals surface area (Å²) < 4.78 is 0. The van der Waals surface area contributed by atoms with Gasteiger partial charge in [0.25, 0.3) is 0 Å². The Bertz CT molecular complexity index is 250. The number of hydrogen-bond acceptors (Lipinski definition) is 1. The van der Waals surface area contributed by atoms with Gasteiger partial charge < -0.3 is 0 Å². The first-order chi connectivity index (χ1) is 5.86. The molecule has 0 aromatic rings. The normalized spacial score (nSPS) is 11.8. The van der Waals surface area contributed by atoms with Crippen LogP contribution in [0.5, 0.6) is 0 Å². The van der Waals surface area contributed by atoms with Crippen LogP contribution in [0, 0.1) is 5.92 Å². The lowest BCUT2D eigenvalue weighted by atomic mass is 10.1. The van der Waals surface area contributed by atoms with Gasteiger partial charge in [-0.3, -0.25) is 4.99 Å². The smallest absolute Gasteiger partial charge is 0.0418 e. The number of aliphatic imine (C=N–C) groups is 1. The second-order valence-corrected chi connectivity index (χ2v) is 4.02. The van der Waals surface area contributed by atoms with E-state index in [0.29, 0.717) is 5.92 Å². The lowest BCUT2D eigenvalue weighted by Crippen LogP contribution is -1.99. The Balaban J connectivity index is 4.94. The highest BCUT2D eigenvalue weighted by molar-refractivity contribution is 5.97. The van der Waals surface area contributed by atoms with E-state index in [2.05, 4.69) is 39.3 Å². The number of rotatable bonds is 3. The van der Waals surface area contributed by atoms with Gasteiger partial charge >= 0.3 is 0 Å². The molecule has 0 N–H and O–H groups in total. The molecule has 74 valence electrons. The first-order valence-corrected chi connectivity index (χ1v) is 4.74. The van der Waals surface area contributed by atoms with Crippen LogP contribution < -0.4 is 0 Å². The third-order valence-electron chi connectivity index (χ3n) is 1.96. The molecule has 0 aliphatic heterocycles. The van der Waals surface area contributed by atoms with Gasteiger partial charge in [-0.25, -0.2) is 0 Å². The highest BCUT2D eigenvalue weighted by Crippen LogP contribution is 2.16. The average Bonchev–Trinajstić information content (AvgIpc) is 1.97. The molecule has 1 heteroatoms. The van der Waals surface area contributed by atoms with Crippen LogP contribution in [-0.2, 0) is 0 Å². The summed E-state index contributed by atoms with van der Waals surface area (Å²) in [7, 11) is 0. The molecule has 0 bridgehead atoms. The summed E-state index contributed by atoms with van der Waals surface area (Å²) >= 11 is 0. The highest BCUT2D eigenvalue weighted by atomic mass is 14.8. The predicted octanol–water partition coefficient (Wildman–Crippen LogP) is 3.97. The van der Waals surface area contributed by atoms with Crippen molar-refractivity contribution in [2.24, 2.45) is 10.9 Å². The maximum Gasteiger partial charge on any atom is 0.0418 e. The summed E-state index contributed by atoms with van der Waals surface area (Å²) in [6.07, 6.45) is 0. The van der Waals surface area contributed by atoms with Gasteiger partial charge in [-0.2, -0.15) is 0 Å². The molecule has 0 spiro atoms. The van der Waals surface area contributed by atoms with Crippen LogP contribution in [-0.4, -0.2) is 5.71 Å². The predicted molar refractivity (Wildman–Crippen MR) is 61.1 cm³/mol. The van der Waals surface area contributed by atoms with E-state index in [1.54, 1.807) is 0 Å². The Kier molecular flexibility index (Phi) is 4.68. The van der Waals surface area contributed by atoms with E-state index in [0.717, 1.165) is 11.3 Å². The quantitative estimate of drug-likeness (QED) is 0.581. The van der Waals surface area contributed by atoms with Crippen LogP contribution in [0.2, 0.25) is 0 Å². The van der Waals surface area contributed by atoms with E-state index in [4.69, 9.17) is 0 Å². The topological polar surface area (TPSA) is 12.4 Å². The monoisotopic (exact) mass is 179 g/mol. The minimum Gasteiger partial charge on any atom is -0.258 e. The van der Waals surface area contributed by atoms with Crippen LogP contribution in [0.4, 0.5) is 0 Å². The SMILES string of the molecule is C=C(C)C(C)=NC(=C(C)C)C(C)C. The number of allylic oxidation sites excluding steroid dienone is 3. The van der Waals surface area contributed by atoms with Crippen LogP contribution in [0.15, 0.2) is 28.4 Å². The third kappa shape index (κ3) is 4.07. The number of hydrogen-bond donors (Lipinski definition) is 0. The Hall–Kier alpha value is -0.850. The Labute approximate surface area is 82.3 Å².